The molecule has 110 valence electrons. The molecule has 1 rings (SSSR count). The van der Waals surface area contributed by atoms with Crippen LogP contribution in [0.3, 0.4) is 0 Å². The molecule has 1 aromatic carbocycles. The lowest BCUT2D eigenvalue weighted by Gasteiger charge is -2.15. The number of hydrogen-bond acceptors (Lipinski definition) is 3. The number of benzene rings is 1. The average molecular weight is 277 g/mol. The fourth-order valence-electron chi connectivity index (χ4n) is 1.72. The van der Waals surface area contributed by atoms with Crippen molar-refractivity contribution in [3.8, 4) is 0 Å². The van der Waals surface area contributed by atoms with E-state index in [2.05, 4.69) is 17.6 Å². The van der Waals surface area contributed by atoms with Gasteiger partial charge >= 0.3 is 0 Å². The van der Waals surface area contributed by atoms with Gasteiger partial charge < -0.3 is 15.5 Å². The van der Waals surface area contributed by atoms with Crippen molar-refractivity contribution < 1.29 is 9.59 Å². The number of carbonyl (C=O) groups is 2. The van der Waals surface area contributed by atoms with Gasteiger partial charge in [0.2, 0.25) is 11.8 Å². The van der Waals surface area contributed by atoms with Crippen molar-refractivity contribution in [3.05, 3.63) is 29.8 Å². The summed E-state index contributed by atoms with van der Waals surface area (Å²) in [6.45, 7) is 5.26. The van der Waals surface area contributed by atoms with Crippen molar-refractivity contribution in [2.24, 2.45) is 0 Å². The number of nitrogens with one attached hydrogen (secondary N) is 2. The molecule has 0 bridgehead atoms. The number of nitrogens with zero attached hydrogens (tertiary/aromatic N) is 1. The Bertz CT molecular complexity index is 460. The molecular formula is C15H23N3O2. The first kappa shape index (κ1) is 16.2. The van der Waals surface area contributed by atoms with E-state index in [0.29, 0.717) is 13.1 Å². The van der Waals surface area contributed by atoms with Gasteiger partial charge in [0.15, 0.2) is 0 Å². The summed E-state index contributed by atoms with van der Waals surface area (Å²) in [7, 11) is 1.75. The maximum atomic E-state index is 11.7. The largest absolute Gasteiger partial charge is 0.342 e. The van der Waals surface area contributed by atoms with Crippen LogP contribution in [-0.4, -0.2) is 36.9 Å². The van der Waals surface area contributed by atoms with Crippen molar-refractivity contribution in [1.82, 2.24) is 10.2 Å². The summed E-state index contributed by atoms with van der Waals surface area (Å²) < 4.78 is 0. The van der Waals surface area contributed by atoms with Gasteiger partial charge in [-0.3, -0.25) is 9.59 Å². The van der Waals surface area contributed by atoms with E-state index in [0.717, 1.165) is 24.2 Å². The maximum Gasteiger partial charge on any atom is 0.238 e. The molecule has 5 heteroatoms. The van der Waals surface area contributed by atoms with Crippen LogP contribution in [0, 0.1) is 0 Å². The highest BCUT2D eigenvalue weighted by Gasteiger charge is 2.05. The molecule has 0 atom stereocenters. The van der Waals surface area contributed by atoms with E-state index in [1.165, 1.54) is 6.92 Å². The Morgan fingerprint density at radius 1 is 1.30 bits per heavy atom. The molecule has 0 saturated heterocycles. The Kier molecular flexibility index (Phi) is 6.73. The summed E-state index contributed by atoms with van der Waals surface area (Å²) >= 11 is 0. The van der Waals surface area contributed by atoms with Crippen molar-refractivity contribution in [1.29, 1.82) is 0 Å². The molecule has 0 aliphatic carbocycles. The fraction of sp³-hybridized carbons (Fsp3) is 0.467. The summed E-state index contributed by atoms with van der Waals surface area (Å²) in [5, 5.41) is 5.89. The number of carbonyl (C=O) groups excluding carboxylic acids is 2. The Labute approximate surface area is 120 Å². The summed E-state index contributed by atoms with van der Waals surface area (Å²) in [5.41, 5.74) is 1.74. The molecule has 0 aliphatic rings. The Balaban J connectivity index is 2.55. The van der Waals surface area contributed by atoms with E-state index < -0.39 is 0 Å². The van der Waals surface area contributed by atoms with Crippen LogP contribution in [0.5, 0.6) is 0 Å². The maximum absolute atomic E-state index is 11.7. The van der Waals surface area contributed by atoms with Crippen LogP contribution in [0.2, 0.25) is 0 Å². The summed E-state index contributed by atoms with van der Waals surface area (Å²) in [4.78, 5) is 24.5. The zero-order chi connectivity index (χ0) is 15.0. The van der Waals surface area contributed by atoms with Crippen LogP contribution < -0.4 is 10.6 Å². The molecule has 0 aromatic heterocycles. The number of amides is 2. The molecule has 0 saturated carbocycles. The molecule has 1 aromatic rings. The molecule has 2 N–H and O–H groups in total. The van der Waals surface area contributed by atoms with E-state index in [-0.39, 0.29) is 11.8 Å². The topological polar surface area (TPSA) is 61.4 Å². The zero-order valence-corrected chi connectivity index (χ0v) is 12.4. The van der Waals surface area contributed by atoms with Crippen LogP contribution in [0.1, 0.15) is 25.8 Å². The SMILES string of the molecule is CCCNCC(=O)Nc1cccc(CN(C)C(C)=O)c1. The van der Waals surface area contributed by atoms with Gasteiger partial charge in [-0.05, 0) is 30.7 Å². The minimum atomic E-state index is -0.0597. The highest BCUT2D eigenvalue weighted by atomic mass is 16.2. The molecule has 0 aliphatic heterocycles. The van der Waals surface area contributed by atoms with E-state index in [4.69, 9.17) is 0 Å². The van der Waals surface area contributed by atoms with Crippen molar-refractivity contribution in [2.75, 3.05) is 25.5 Å². The predicted octanol–water partition coefficient (Wildman–Crippen LogP) is 1.60. The smallest absolute Gasteiger partial charge is 0.238 e. The highest BCUT2D eigenvalue weighted by Crippen LogP contribution is 2.12. The third kappa shape index (κ3) is 5.84. The van der Waals surface area contributed by atoms with Crippen LogP contribution in [0.25, 0.3) is 0 Å². The van der Waals surface area contributed by atoms with Gasteiger partial charge in [0.1, 0.15) is 0 Å². The summed E-state index contributed by atoms with van der Waals surface area (Å²) in [6, 6.07) is 7.54. The van der Waals surface area contributed by atoms with Crippen molar-refractivity contribution >= 4 is 17.5 Å². The Hall–Kier alpha value is -1.88. The predicted molar refractivity (Wildman–Crippen MR) is 80.4 cm³/mol. The lowest BCUT2D eigenvalue weighted by molar-refractivity contribution is -0.128. The first-order chi connectivity index (χ1) is 9.52. The number of rotatable bonds is 7. The molecule has 0 unspecified atom stereocenters. The third-order valence-electron chi connectivity index (χ3n) is 2.88. The van der Waals surface area contributed by atoms with Crippen LogP contribution in [0.15, 0.2) is 24.3 Å². The second-order valence-corrected chi connectivity index (χ2v) is 4.80. The average Bonchev–Trinajstić information content (AvgIpc) is 2.39. The molecule has 0 radical (unpaired) electrons. The first-order valence-electron chi connectivity index (χ1n) is 6.84. The quantitative estimate of drug-likeness (QED) is 0.744. The lowest BCUT2D eigenvalue weighted by atomic mass is 10.2. The molecule has 0 fully saturated rings. The fourth-order valence-corrected chi connectivity index (χ4v) is 1.72. The normalized spacial score (nSPS) is 10.2. The molecule has 20 heavy (non-hydrogen) atoms. The van der Waals surface area contributed by atoms with Gasteiger partial charge in [-0.2, -0.15) is 0 Å². The molecule has 2 amide bonds. The lowest BCUT2D eigenvalue weighted by Crippen LogP contribution is -2.28. The van der Waals surface area contributed by atoms with E-state index >= 15 is 0 Å². The minimum absolute atomic E-state index is 0.0169. The van der Waals surface area contributed by atoms with E-state index in [1.54, 1.807) is 11.9 Å². The van der Waals surface area contributed by atoms with Gasteiger partial charge in [-0.15, -0.1) is 0 Å². The van der Waals surface area contributed by atoms with Crippen LogP contribution >= 0.6 is 0 Å². The summed E-state index contributed by atoms with van der Waals surface area (Å²) in [6.07, 6.45) is 1.00. The molecule has 5 nitrogen and oxygen atoms in total. The second kappa shape index (κ2) is 8.32. The number of hydrogen-bond donors (Lipinski definition) is 2. The third-order valence-corrected chi connectivity index (χ3v) is 2.88. The minimum Gasteiger partial charge on any atom is -0.342 e. The second-order valence-electron chi connectivity index (χ2n) is 4.80. The van der Waals surface area contributed by atoms with E-state index in [1.807, 2.05) is 24.3 Å². The Morgan fingerprint density at radius 2 is 2.05 bits per heavy atom. The van der Waals surface area contributed by atoms with Gasteiger partial charge in [0.05, 0.1) is 6.54 Å². The summed E-state index contributed by atoms with van der Waals surface area (Å²) in [5.74, 6) is -0.0428. The monoisotopic (exact) mass is 277 g/mol. The highest BCUT2D eigenvalue weighted by molar-refractivity contribution is 5.92. The first-order valence-corrected chi connectivity index (χ1v) is 6.84. The van der Waals surface area contributed by atoms with Crippen LogP contribution in [0.4, 0.5) is 5.69 Å². The Morgan fingerprint density at radius 3 is 2.70 bits per heavy atom. The van der Waals surface area contributed by atoms with Gasteiger partial charge in [0, 0.05) is 26.2 Å². The van der Waals surface area contributed by atoms with Gasteiger partial charge in [-0.25, -0.2) is 0 Å². The zero-order valence-electron chi connectivity index (χ0n) is 12.4. The van der Waals surface area contributed by atoms with Gasteiger partial charge in [0.25, 0.3) is 0 Å². The van der Waals surface area contributed by atoms with Gasteiger partial charge in [-0.1, -0.05) is 19.1 Å². The molecule has 0 heterocycles. The van der Waals surface area contributed by atoms with Crippen LogP contribution in [-0.2, 0) is 16.1 Å². The van der Waals surface area contributed by atoms with Crippen molar-refractivity contribution in [2.45, 2.75) is 26.8 Å². The van der Waals surface area contributed by atoms with Crippen molar-refractivity contribution in [3.63, 3.8) is 0 Å². The standard InChI is InChI=1S/C15H23N3O2/c1-4-8-16-10-15(20)17-14-7-5-6-13(9-14)11-18(3)12(2)19/h5-7,9,16H,4,8,10-11H2,1-3H3,(H,17,20). The molecule has 0 spiro atoms. The number of anilines is 1. The van der Waals surface area contributed by atoms with E-state index in [9.17, 15) is 9.59 Å². The molecular weight excluding hydrogens is 254 g/mol.